The van der Waals surface area contributed by atoms with E-state index in [4.69, 9.17) is 4.74 Å². The first-order valence-corrected chi connectivity index (χ1v) is 5.07. The second-order valence-electron chi connectivity index (χ2n) is 3.34. The number of ether oxygens (including phenoxy) is 2. The molecule has 1 rings (SSSR count). The van der Waals surface area contributed by atoms with Crippen LogP contribution in [0.2, 0.25) is 0 Å². The fraction of sp³-hybridized carbons (Fsp3) is 0.364. The van der Waals surface area contributed by atoms with Crippen LogP contribution in [-0.4, -0.2) is 19.2 Å². The number of thiol groups is 1. The molecular formula is C11H14O3S. The van der Waals surface area contributed by atoms with Crippen molar-refractivity contribution >= 4 is 18.6 Å². The lowest BCUT2D eigenvalue weighted by atomic mass is 10.2. The van der Waals surface area contributed by atoms with Crippen molar-refractivity contribution in [3.63, 3.8) is 0 Å². The van der Waals surface area contributed by atoms with Crippen molar-refractivity contribution in [3.05, 3.63) is 23.8 Å². The van der Waals surface area contributed by atoms with Crippen molar-refractivity contribution in [2.75, 3.05) is 7.11 Å². The molecule has 0 bridgehead atoms. The number of rotatable bonds is 3. The Hall–Kier alpha value is -1.16. The lowest BCUT2D eigenvalue weighted by Gasteiger charge is -2.12. The van der Waals surface area contributed by atoms with Crippen molar-refractivity contribution in [2.24, 2.45) is 0 Å². The van der Waals surface area contributed by atoms with E-state index in [0.717, 1.165) is 0 Å². The zero-order valence-corrected chi connectivity index (χ0v) is 9.88. The van der Waals surface area contributed by atoms with Crippen molar-refractivity contribution in [3.8, 4) is 5.75 Å². The van der Waals surface area contributed by atoms with Gasteiger partial charge in [-0.25, -0.2) is 4.79 Å². The molecule has 0 heterocycles. The van der Waals surface area contributed by atoms with Crippen LogP contribution >= 0.6 is 12.6 Å². The average Bonchev–Trinajstić information content (AvgIpc) is 2.19. The van der Waals surface area contributed by atoms with E-state index in [2.05, 4.69) is 17.4 Å². The molecule has 1 aromatic carbocycles. The van der Waals surface area contributed by atoms with Gasteiger partial charge in [0.2, 0.25) is 0 Å². The van der Waals surface area contributed by atoms with E-state index in [-0.39, 0.29) is 12.1 Å². The van der Waals surface area contributed by atoms with Gasteiger partial charge in [-0.15, -0.1) is 12.6 Å². The van der Waals surface area contributed by atoms with Crippen molar-refractivity contribution in [1.29, 1.82) is 0 Å². The van der Waals surface area contributed by atoms with Crippen LogP contribution in [0, 0.1) is 0 Å². The molecule has 0 radical (unpaired) electrons. The summed E-state index contributed by atoms with van der Waals surface area (Å²) in [7, 11) is 1.35. The number of carbonyl (C=O) groups excluding carboxylic acids is 1. The van der Waals surface area contributed by atoms with Crippen LogP contribution in [0.4, 0.5) is 0 Å². The van der Waals surface area contributed by atoms with Gasteiger partial charge in [-0.2, -0.15) is 0 Å². The Morgan fingerprint density at radius 1 is 1.40 bits per heavy atom. The zero-order valence-electron chi connectivity index (χ0n) is 8.98. The number of carbonyl (C=O) groups is 1. The molecule has 0 aliphatic carbocycles. The molecule has 0 aromatic heterocycles. The summed E-state index contributed by atoms with van der Waals surface area (Å²) < 4.78 is 10.1. The first-order chi connectivity index (χ1) is 7.04. The number of hydrogen-bond acceptors (Lipinski definition) is 4. The van der Waals surface area contributed by atoms with Gasteiger partial charge in [0.25, 0.3) is 0 Å². The van der Waals surface area contributed by atoms with Crippen LogP contribution in [-0.2, 0) is 4.74 Å². The molecule has 0 aliphatic rings. The second kappa shape index (κ2) is 5.07. The fourth-order valence-corrected chi connectivity index (χ4v) is 1.38. The Morgan fingerprint density at radius 2 is 2.07 bits per heavy atom. The summed E-state index contributed by atoms with van der Waals surface area (Å²) >= 11 is 4.24. The third kappa shape index (κ3) is 3.16. The molecule has 15 heavy (non-hydrogen) atoms. The quantitative estimate of drug-likeness (QED) is 0.635. The third-order valence-corrected chi connectivity index (χ3v) is 2.09. The maximum Gasteiger partial charge on any atom is 0.337 e. The predicted octanol–water partition coefficient (Wildman–Crippen LogP) is 2.55. The van der Waals surface area contributed by atoms with Gasteiger partial charge in [-0.05, 0) is 32.0 Å². The zero-order chi connectivity index (χ0) is 11.4. The first-order valence-electron chi connectivity index (χ1n) is 4.62. The highest BCUT2D eigenvalue weighted by atomic mass is 32.1. The SMILES string of the molecule is COC(=O)c1ccc(OC(C)C)c(S)c1. The van der Waals surface area contributed by atoms with Gasteiger partial charge >= 0.3 is 5.97 Å². The number of esters is 1. The van der Waals surface area contributed by atoms with Gasteiger partial charge < -0.3 is 9.47 Å². The molecule has 0 fully saturated rings. The summed E-state index contributed by atoms with van der Waals surface area (Å²) in [4.78, 5) is 11.8. The minimum absolute atomic E-state index is 0.0832. The second-order valence-corrected chi connectivity index (χ2v) is 3.82. The number of methoxy groups -OCH3 is 1. The van der Waals surface area contributed by atoms with Crippen LogP contribution in [0.3, 0.4) is 0 Å². The highest BCUT2D eigenvalue weighted by Crippen LogP contribution is 2.24. The first kappa shape index (κ1) is 11.9. The monoisotopic (exact) mass is 226 g/mol. The molecule has 0 saturated carbocycles. The predicted molar refractivity (Wildman–Crippen MR) is 60.8 cm³/mol. The van der Waals surface area contributed by atoms with Crippen molar-refractivity contribution < 1.29 is 14.3 Å². The molecule has 0 aliphatic heterocycles. The van der Waals surface area contributed by atoms with Crippen LogP contribution in [0.5, 0.6) is 5.75 Å². The summed E-state index contributed by atoms with van der Waals surface area (Å²) in [5.74, 6) is 0.294. The summed E-state index contributed by atoms with van der Waals surface area (Å²) in [6.45, 7) is 3.86. The van der Waals surface area contributed by atoms with Gasteiger partial charge in [0.15, 0.2) is 0 Å². The maximum atomic E-state index is 11.2. The molecule has 82 valence electrons. The summed E-state index contributed by atoms with van der Waals surface area (Å²) in [6.07, 6.45) is 0.0832. The lowest BCUT2D eigenvalue weighted by Crippen LogP contribution is -2.07. The van der Waals surface area contributed by atoms with E-state index >= 15 is 0 Å². The third-order valence-electron chi connectivity index (χ3n) is 1.74. The minimum atomic E-state index is -0.374. The number of benzene rings is 1. The minimum Gasteiger partial charge on any atom is -0.490 e. The van der Waals surface area contributed by atoms with Gasteiger partial charge in [0, 0.05) is 4.90 Å². The van der Waals surface area contributed by atoms with Crippen molar-refractivity contribution in [2.45, 2.75) is 24.8 Å². The van der Waals surface area contributed by atoms with E-state index in [0.29, 0.717) is 16.2 Å². The summed E-state index contributed by atoms with van der Waals surface area (Å²) in [6, 6.07) is 5.00. The van der Waals surface area contributed by atoms with E-state index in [1.165, 1.54) is 7.11 Å². The number of hydrogen-bond donors (Lipinski definition) is 1. The molecule has 0 atom stereocenters. The largest absolute Gasteiger partial charge is 0.490 e. The Balaban J connectivity index is 2.93. The normalized spacial score (nSPS) is 10.2. The van der Waals surface area contributed by atoms with Gasteiger partial charge in [-0.3, -0.25) is 0 Å². The molecule has 0 saturated heterocycles. The van der Waals surface area contributed by atoms with Gasteiger partial charge in [0.1, 0.15) is 5.75 Å². The highest BCUT2D eigenvalue weighted by molar-refractivity contribution is 7.80. The Morgan fingerprint density at radius 3 is 2.53 bits per heavy atom. The molecule has 1 aromatic rings. The molecule has 4 heteroatoms. The van der Waals surface area contributed by atoms with Crippen LogP contribution in [0.25, 0.3) is 0 Å². The smallest absolute Gasteiger partial charge is 0.337 e. The fourth-order valence-electron chi connectivity index (χ4n) is 1.12. The summed E-state index contributed by atoms with van der Waals surface area (Å²) in [5, 5.41) is 0. The highest BCUT2D eigenvalue weighted by Gasteiger charge is 2.09. The Bertz CT molecular complexity index is 361. The standard InChI is InChI=1S/C11H14O3S/c1-7(2)14-9-5-4-8(6-10(9)15)11(12)13-3/h4-7,15H,1-3H3. The van der Waals surface area contributed by atoms with Gasteiger partial charge in [0.05, 0.1) is 18.8 Å². The van der Waals surface area contributed by atoms with Gasteiger partial charge in [-0.1, -0.05) is 0 Å². The Kier molecular flexibility index (Phi) is 4.03. The van der Waals surface area contributed by atoms with Crippen LogP contribution in [0.15, 0.2) is 23.1 Å². The molecule has 0 unspecified atom stereocenters. The topological polar surface area (TPSA) is 35.5 Å². The van der Waals surface area contributed by atoms with E-state index in [1.807, 2.05) is 13.8 Å². The molecule has 0 N–H and O–H groups in total. The molecule has 0 amide bonds. The average molecular weight is 226 g/mol. The lowest BCUT2D eigenvalue weighted by molar-refractivity contribution is 0.0600. The van der Waals surface area contributed by atoms with E-state index < -0.39 is 0 Å². The van der Waals surface area contributed by atoms with Crippen LogP contribution in [0.1, 0.15) is 24.2 Å². The maximum absolute atomic E-state index is 11.2. The van der Waals surface area contributed by atoms with E-state index in [9.17, 15) is 4.79 Å². The summed E-state index contributed by atoms with van der Waals surface area (Å²) in [5.41, 5.74) is 0.471. The van der Waals surface area contributed by atoms with Crippen molar-refractivity contribution in [1.82, 2.24) is 0 Å². The Labute approximate surface area is 94.8 Å². The van der Waals surface area contributed by atoms with Crippen LogP contribution < -0.4 is 4.74 Å². The molecule has 0 spiro atoms. The van der Waals surface area contributed by atoms with E-state index in [1.54, 1.807) is 18.2 Å². The molecular weight excluding hydrogens is 212 g/mol. The molecule has 3 nitrogen and oxygen atoms in total.